The lowest BCUT2D eigenvalue weighted by Gasteiger charge is -2.23. The molecule has 1 fully saturated rings. The van der Waals surface area contributed by atoms with E-state index in [2.05, 4.69) is 10.6 Å². The van der Waals surface area contributed by atoms with Crippen LogP contribution in [0.4, 0.5) is 0 Å². The quantitative estimate of drug-likeness (QED) is 0.601. The molecule has 0 aromatic heterocycles. The van der Waals surface area contributed by atoms with E-state index in [9.17, 15) is 19.2 Å². The molecule has 126 valence electrons. The highest BCUT2D eigenvalue weighted by atomic mass is 16.2. The molecule has 1 saturated heterocycles. The van der Waals surface area contributed by atoms with Crippen molar-refractivity contribution in [3.8, 4) is 0 Å². The van der Waals surface area contributed by atoms with E-state index >= 15 is 0 Å². The number of likely N-dealkylation sites (N-methyl/N-ethyl adjacent to an activating group) is 1. The Morgan fingerprint density at radius 1 is 1.29 bits per heavy atom. The molecule has 24 heavy (non-hydrogen) atoms. The van der Waals surface area contributed by atoms with Gasteiger partial charge in [0.25, 0.3) is 5.91 Å². The van der Waals surface area contributed by atoms with Gasteiger partial charge in [-0.05, 0) is 30.7 Å². The molecule has 1 aliphatic heterocycles. The third-order valence-electron chi connectivity index (χ3n) is 3.76. The number of hydrogen-bond donors (Lipinski definition) is 2. The van der Waals surface area contributed by atoms with Gasteiger partial charge in [-0.3, -0.25) is 24.5 Å². The van der Waals surface area contributed by atoms with Crippen LogP contribution in [0, 0.1) is 0 Å². The van der Waals surface area contributed by atoms with Crippen LogP contribution in [0.15, 0.2) is 30.3 Å². The molecule has 0 spiro atoms. The number of nitrogens with zero attached hydrogens (tertiary/aromatic N) is 1. The topological polar surface area (TPSA) is 95.6 Å². The second-order valence-corrected chi connectivity index (χ2v) is 5.29. The normalized spacial score (nSPS) is 17.0. The van der Waals surface area contributed by atoms with E-state index in [1.807, 2.05) is 0 Å². The van der Waals surface area contributed by atoms with Gasteiger partial charge in [0.15, 0.2) is 0 Å². The van der Waals surface area contributed by atoms with Crippen LogP contribution in [0.1, 0.15) is 29.3 Å². The number of hydrogen-bond acceptors (Lipinski definition) is 4. The molecule has 7 nitrogen and oxygen atoms in total. The molecular weight excluding hydrogens is 310 g/mol. The fourth-order valence-corrected chi connectivity index (χ4v) is 2.47. The van der Waals surface area contributed by atoms with Crippen molar-refractivity contribution in [1.82, 2.24) is 15.5 Å². The van der Waals surface area contributed by atoms with Gasteiger partial charge in [0.05, 0.1) is 6.42 Å². The van der Waals surface area contributed by atoms with E-state index < -0.39 is 11.9 Å². The number of rotatable bonds is 5. The maximum atomic E-state index is 12.3. The number of nitrogens with one attached hydrogen (secondary N) is 2. The largest absolute Gasteiger partial charge is 0.355 e. The predicted molar refractivity (Wildman–Crippen MR) is 87.8 cm³/mol. The Balaban J connectivity index is 2.07. The number of amides is 4. The summed E-state index contributed by atoms with van der Waals surface area (Å²) in [6.45, 7) is 2.07. The Labute approximate surface area is 139 Å². The summed E-state index contributed by atoms with van der Waals surface area (Å²) in [6.07, 6.45) is 2.95. The minimum absolute atomic E-state index is 0.00687. The molecule has 0 saturated carbocycles. The van der Waals surface area contributed by atoms with Crippen molar-refractivity contribution < 1.29 is 19.2 Å². The van der Waals surface area contributed by atoms with Gasteiger partial charge in [-0.2, -0.15) is 0 Å². The molecule has 1 aromatic rings. The van der Waals surface area contributed by atoms with Crippen molar-refractivity contribution in [1.29, 1.82) is 0 Å². The summed E-state index contributed by atoms with van der Waals surface area (Å²) in [6, 6.07) is 6.00. The summed E-state index contributed by atoms with van der Waals surface area (Å²) < 4.78 is 0. The van der Waals surface area contributed by atoms with Crippen molar-refractivity contribution in [2.75, 3.05) is 13.6 Å². The summed E-state index contributed by atoms with van der Waals surface area (Å²) >= 11 is 0. The molecule has 0 aliphatic carbocycles. The van der Waals surface area contributed by atoms with Crippen molar-refractivity contribution in [3.63, 3.8) is 0 Å². The zero-order valence-electron chi connectivity index (χ0n) is 13.5. The monoisotopic (exact) mass is 329 g/mol. The van der Waals surface area contributed by atoms with E-state index in [1.165, 1.54) is 11.0 Å². The molecule has 1 aromatic carbocycles. The summed E-state index contributed by atoms with van der Waals surface area (Å²) in [5, 5.41) is 4.73. The third kappa shape index (κ3) is 3.87. The average Bonchev–Trinajstić information content (AvgIpc) is 2.91. The summed E-state index contributed by atoms with van der Waals surface area (Å²) in [7, 11) is 1.55. The van der Waals surface area contributed by atoms with Gasteiger partial charge in [-0.15, -0.1) is 0 Å². The van der Waals surface area contributed by atoms with Crippen molar-refractivity contribution in [2.24, 2.45) is 0 Å². The Morgan fingerprint density at radius 3 is 2.46 bits per heavy atom. The zero-order valence-corrected chi connectivity index (χ0v) is 13.5. The van der Waals surface area contributed by atoms with Gasteiger partial charge < -0.3 is 10.2 Å². The molecule has 2 N–H and O–H groups in total. The third-order valence-corrected chi connectivity index (χ3v) is 3.76. The van der Waals surface area contributed by atoms with Gasteiger partial charge in [0.2, 0.25) is 17.7 Å². The predicted octanol–water partition coefficient (Wildman–Crippen LogP) is 0.323. The van der Waals surface area contributed by atoms with Crippen molar-refractivity contribution >= 4 is 29.7 Å². The summed E-state index contributed by atoms with van der Waals surface area (Å²) in [4.78, 5) is 48.1. The van der Waals surface area contributed by atoms with E-state index in [-0.39, 0.29) is 24.1 Å². The second kappa shape index (κ2) is 7.54. The van der Waals surface area contributed by atoms with Gasteiger partial charge in [0, 0.05) is 25.2 Å². The number of benzene rings is 1. The minimum atomic E-state index is -0.754. The maximum absolute atomic E-state index is 12.3. The minimum Gasteiger partial charge on any atom is -0.355 e. The highest BCUT2D eigenvalue weighted by Gasteiger charge is 2.36. The molecule has 2 rings (SSSR count). The number of imide groups is 1. The lowest BCUT2D eigenvalue weighted by Crippen LogP contribution is -2.43. The Morgan fingerprint density at radius 2 is 1.96 bits per heavy atom. The number of carbonyl (C=O) groups is 4. The van der Waals surface area contributed by atoms with Crippen LogP contribution < -0.4 is 10.6 Å². The molecule has 1 heterocycles. The van der Waals surface area contributed by atoms with E-state index in [0.29, 0.717) is 12.1 Å². The van der Waals surface area contributed by atoms with Crippen molar-refractivity contribution in [2.45, 2.75) is 19.4 Å². The van der Waals surface area contributed by atoms with Gasteiger partial charge in [-0.1, -0.05) is 12.1 Å². The lowest BCUT2D eigenvalue weighted by molar-refractivity contribution is -0.135. The van der Waals surface area contributed by atoms with Crippen molar-refractivity contribution in [3.05, 3.63) is 41.5 Å². The van der Waals surface area contributed by atoms with Gasteiger partial charge >= 0.3 is 0 Å². The van der Waals surface area contributed by atoms with Gasteiger partial charge in [0.1, 0.15) is 6.04 Å². The number of carbonyl (C=O) groups excluding carboxylic acids is 4. The molecule has 0 bridgehead atoms. The van der Waals surface area contributed by atoms with Crippen LogP contribution >= 0.6 is 0 Å². The second-order valence-electron chi connectivity index (χ2n) is 5.29. The first-order chi connectivity index (χ1) is 11.5. The summed E-state index contributed by atoms with van der Waals surface area (Å²) in [5.41, 5.74) is 1.27. The van der Waals surface area contributed by atoms with Crippen LogP contribution in [-0.2, 0) is 14.4 Å². The van der Waals surface area contributed by atoms with Crippen LogP contribution in [0.3, 0.4) is 0 Å². The fourth-order valence-electron chi connectivity index (χ4n) is 2.47. The van der Waals surface area contributed by atoms with E-state index in [0.717, 1.165) is 5.56 Å². The van der Waals surface area contributed by atoms with Crippen LogP contribution in [0.2, 0.25) is 0 Å². The molecule has 7 heteroatoms. The Bertz CT molecular complexity index is 694. The molecule has 1 aliphatic rings. The molecular formula is C17H19N3O4. The fraction of sp³-hybridized carbons (Fsp3) is 0.294. The molecule has 0 radical (unpaired) electrons. The zero-order chi connectivity index (χ0) is 17.7. The lowest BCUT2D eigenvalue weighted by atomic mass is 10.1. The first kappa shape index (κ1) is 17.4. The first-order valence-electron chi connectivity index (χ1n) is 7.60. The Kier molecular flexibility index (Phi) is 5.47. The van der Waals surface area contributed by atoms with E-state index in [1.54, 1.807) is 44.3 Å². The van der Waals surface area contributed by atoms with Gasteiger partial charge in [-0.25, -0.2) is 0 Å². The average molecular weight is 329 g/mol. The molecule has 4 amide bonds. The standard InChI is InChI=1S/C17H19N3O4/c1-3-20(13-10-14(21)19-17(13)24)15(22)9-6-11-4-7-12(8-5-11)16(23)18-2/h4-9,13H,3,10H2,1-2H3,(H,18,23)(H,19,21,24)/b9-6-/t13-/m0/s1. The van der Waals surface area contributed by atoms with Crippen LogP contribution in [0.25, 0.3) is 6.08 Å². The maximum Gasteiger partial charge on any atom is 0.251 e. The van der Waals surface area contributed by atoms with Crippen LogP contribution in [0.5, 0.6) is 0 Å². The van der Waals surface area contributed by atoms with Crippen LogP contribution in [-0.4, -0.2) is 48.2 Å². The molecule has 0 unspecified atom stereocenters. The first-order valence-corrected chi connectivity index (χ1v) is 7.60. The highest BCUT2D eigenvalue weighted by Crippen LogP contribution is 2.13. The smallest absolute Gasteiger partial charge is 0.251 e. The molecule has 1 atom stereocenters. The summed E-state index contributed by atoms with van der Waals surface area (Å²) in [5.74, 6) is -1.35. The Hall–Kier alpha value is -2.96. The van der Waals surface area contributed by atoms with E-state index in [4.69, 9.17) is 0 Å². The SMILES string of the molecule is CCN(C(=O)/C=C\c1ccc(C(=O)NC)cc1)[C@H]1CC(=O)NC1=O. The highest BCUT2D eigenvalue weighted by molar-refractivity contribution is 6.07.